The van der Waals surface area contributed by atoms with Crippen LogP contribution in [0.1, 0.15) is 60.7 Å². The van der Waals surface area contributed by atoms with E-state index in [0.29, 0.717) is 37.0 Å². The summed E-state index contributed by atoms with van der Waals surface area (Å²) in [5, 5.41) is 17.0. The number of piperazine rings is 1. The summed E-state index contributed by atoms with van der Waals surface area (Å²) in [6, 6.07) is 1.93. The highest BCUT2D eigenvalue weighted by Crippen LogP contribution is 2.20. The van der Waals surface area contributed by atoms with E-state index in [9.17, 15) is 14.7 Å². The summed E-state index contributed by atoms with van der Waals surface area (Å²) in [5.41, 5.74) is 0.739. The first kappa shape index (κ1) is 20.3. The molecular formula is C19H30N4O3. The highest BCUT2D eigenvalue weighted by molar-refractivity contribution is 5.94. The van der Waals surface area contributed by atoms with Crippen molar-refractivity contribution in [2.45, 2.75) is 46.6 Å². The lowest BCUT2D eigenvalue weighted by molar-refractivity contribution is 0.0435. The van der Waals surface area contributed by atoms with Crippen molar-refractivity contribution in [2.75, 3.05) is 26.7 Å². The van der Waals surface area contributed by atoms with Crippen molar-refractivity contribution in [3.63, 3.8) is 0 Å². The van der Waals surface area contributed by atoms with Crippen LogP contribution in [0.15, 0.2) is 6.07 Å². The Morgan fingerprint density at radius 1 is 1.27 bits per heavy atom. The van der Waals surface area contributed by atoms with E-state index in [1.165, 1.54) is 0 Å². The fourth-order valence-electron chi connectivity index (χ4n) is 3.44. The summed E-state index contributed by atoms with van der Waals surface area (Å²) in [4.78, 5) is 28.4. The molecule has 0 aromatic carbocycles. The topological polar surface area (TPSA) is 86.6 Å². The van der Waals surface area contributed by atoms with Gasteiger partial charge < -0.3 is 10.0 Å². The van der Waals surface area contributed by atoms with Gasteiger partial charge in [0.25, 0.3) is 5.91 Å². The Morgan fingerprint density at radius 2 is 1.96 bits per heavy atom. The molecule has 1 saturated heterocycles. The van der Waals surface area contributed by atoms with E-state index in [2.05, 4.69) is 36.0 Å². The van der Waals surface area contributed by atoms with Crippen LogP contribution in [0.25, 0.3) is 0 Å². The van der Waals surface area contributed by atoms with Crippen molar-refractivity contribution in [1.29, 1.82) is 0 Å². The number of amides is 1. The lowest BCUT2D eigenvalue weighted by atomic mass is 9.95. The smallest absolute Gasteiger partial charge is 0.356 e. The zero-order chi connectivity index (χ0) is 19.4. The van der Waals surface area contributed by atoms with Crippen LogP contribution < -0.4 is 0 Å². The van der Waals surface area contributed by atoms with Gasteiger partial charge in [-0.15, -0.1) is 10.2 Å². The number of aromatic carboxylic acids is 1. The van der Waals surface area contributed by atoms with Gasteiger partial charge in [-0.2, -0.15) is 0 Å². The minimum atomic E-state index is -1.11. The van der Waals surface area contributed by atoms with Gasteiger partial charge in [0.2, 0.25) is 0 Å². The second-order valence-corrected chi connectivity index (χ2v) is 7.69. The van der Waals surface area contributed by atoms with E-state index < -0.39 is 5.97 Å². The first-order valence-electron chi connectivity index (χ1n) is 9.33. The number of carbonyl (C=O) groups excluding carboxylic acids is 1. The number of carboxylic acid groups (broad SMARTS) is 1. The van der Waals surface area contributed by atoms with Crippen LogP contribution in [0.5, 0.6) is 0 Å². The van der Waals surface area contributed by atoms with Crippen LogP contribution in [0.3, 0.4) is 0 Å². The van der Waals surface area contributed by atoms with Crippen molar-refractivity contribution < 1.29 is 14.7 Å². The predicted molar refractivity (Wildman–Crippen MR) is 99.3 cm³/mol. The summed E-state index contributed by atoms with van der Waals surface area (Å²) in [7, 11) is 2.10. The molecule has 144 valence electrons. The molecule has 0 spiro atoms. The van der Waals surface area contributed by atoms with Gasteiger partial charge in [0, 0.05) is 25.7 Å². The lowest BCUT2D eigenvalue weighted by Gasteiger charge is -2.42. The molecule has 2 heterocycles. The minimum absolute atomic E-state index is 0.0638. The van der Waals surface area contributed by atoms with Gasteiger partial charge in [-0.25, -0.2) is 4.79 Å². The van der Waals surface area contributed by atoms with Crippen molar-refractivity contribution in [2.24, 2.45) is 11.8 Å². The van der Waals surface area contributed by atoms with Crippen molar-refractivity contribution in [1.82, 2.24) is 20.0 Å². The molecule has 0 radical (unpaired) electrons. The number of nitrogens with zero attached hydrogens (tertiary/aromatic N) is 4. The molecule has 1 N–H and O–H groups in total. The summed E-state index contributed by atoms with van der Waals surface area (Å²) in [5.74, 6) is -0.518. The SMILES string of the molecule is CCC(C)[C@H]1CN(C(=O)c2cc(CC(C)C)c(C(=O)O)nn2)CCN1C. The number of aromatic nitrogens is 2. The lowest BCUT2D eigenvalue weighted by Crippen LogP contribution is -2.55. The van der Waals surface area contributed by atoms with Crippen LogP contribution in [0, 0.1) is 11.8 Å². The molecule has 7 nitrogen and oxygen atoms in total. The number of carbonyl (C=O) groups is 2. The molecule has 0 saturated carbocycles. The van der Waals surface area contributed by atoms with Crippen molar-refractivity contribution in [3.8, 4) is 0 Å². The fourth-order valence-corrected chi connectivity index (χ4v) is 3.44. The van der Waals surface area contributed by atoms with Gasteiger partial charge in [-0.05, 0) is 36.9 Å². The molecule has 7 heteroatoms. The third kappa shape index (κ3) is 4.58. The summed E-state index contributed by atoms with van der Waals surface area (Å²) in [6.07, 6.45) is 1.61. The average Bonchev–Trinajstić information content (AvgIpc) is 2.60. The molecule has 1 aromatic heterocycles. The van der Waals surface area contributed by atoms with E-state index in [1.807, 2.05) is 18.7 Å². The first-order chi connectivity index (χ1) is 12.2. The Balaban J connectivity index is 2.24. The summed E-state index contributed by atoms with van der Waals surface area (Å²) < 4.78 is 0. The van der Waals surface area contributed by atoms with Crippen LogP contribution in [0.4, 0.5) is 0 Å². The zero-order valence-electron chi connectivity index (χ0n) is 16.4. The largest absolute Gasteiger partial charge is 0.476 e. The Hall–Kier alpha value is -2.02. The molecule has 0 bridgehead atoms. The zero-order valence-corrected chi connectivity index (χ0v) is 16.4. The minimum Gasteiger partial charge on any atom is -0.476 e. The van der Waals surface area contributed by atoms with E-state index in [4.69, 9.17) is 0 Å². The molecule has 0 aliphatic carbocycles. The number of rotatable bonds is 6. The van der Waals surface area contributed by atoms with Gasteiger partial charge in [0.15, 0.2) is 11.4 Å². The van der Waals surface area contributed by atoms with E-state index in [0.717, 1.165) is 13.0 Å². The fraction of sp³-hybridized carbons (Fsp3) is 0.684. The Bertz CT molecular complexity index is 658. The third-order valence-electron chi connectivity index (χ3n) is 5.21. The van der Waals surface area contributed by atoms with Gasteiger partial charge in [-0.1, -0.05) is 34.1 Å². The maximum absolute atomic E-state index is 12.9. The number of carboxylic acids is 1. The van der Waals surface area contributed by atoms with Crippen LogP contribution >= 0.6 is 0 Å². The molecule has 1 fully saturated rings. The molecule has 1 aliphatic heterocycles. The molecule has 1 aromatic rings. The highest BCUT2D eigenvalue weighted by atomic mass is 16.4. The number of hydrogen-bond donors (Lipinski definition) is 1. The quantitative estimate of drug-likeness (QED) is 0.835. The van der Waals surface area contributed by atoms with Gasteiger partial charge >= 0.3 is 5.97 Å². The third-order valence-corrected chi connectivity index (χ3v) is 5.21. The average molecular weight is 362 g/mol. The Kier molecular flexibility index (Phi) is 6.69. The standard InChI is InChI=1S/C19H30N4O3/c1-6-13(4)16-11-23(8-7-22(16)5)18(24)15-10-14(9-12(2)3)17(19(25)26)21-20-15/h10,12-13,16H,6-9,11H2,1-5H3,(H,25,26)/t13?,16-/m1/s1. The van der Waals surface area contributed by atoms with Crippen molar-refractivity contribution >= 4 is 11.9 Å². The first-order valence-corrected chi connectivity index (χ1v) is 9.33. The summed E-state index contributed by atoms with van der Waals surface area (Å²) in [6.45, 7) is 10.5. The van der Waals surface area contributed by atoms with E-state index in [-0.39, 0.29) is 23.2 Å². The molecular weight excluding hydrogens is 332 g/mol. The van der Waals surface area contributed by atoms with Gasteiger partial charge in [0.1, 0.15) is 0 Å². The van der Waals surface area contributed by atoms with E-state index in [1.54, 1.807) is 6.07 Å². The highest BCUT2D eigenvalue weighted by Gasteiger charge is 2.31. The second-order valence-electron chi connectivity index (χ2n) is 7.69. The van der Waals surface area contributed by atoms with E-state index >= 15 is 0 Å². The summed E-state index contributed by atoms with van der Waals surface area (Å²) >= 11 is 0. The molecule has 26 heavy (non-hydrogen) atoms. The maximum atomic E-state index is 12.9. The van der Waals surface area contributed by atoms with Crippen LogP contribution in [-0.2, 0) is 6.42 Å². The number of hydrogen-bond acceptors (Lipinski definition) is 5. The van der Waals surface area contributed by atoms with Gasteiger partial charge in [-0.3, -0.25) is 9.69 Å². The van der Waals surface area contributed by atoms with Crippen LogP contribution in [-0.4, -0.2) is 69.7 Å². The molecule has 1 unspecified atom stereocenters. The van der Waals surface area contributed by atoms with Crippen molar-refractivity contribution in [3.05, 3.63) is 23.0 Å². The monoisotopic (exact) mass is 362 g/mol. The number of likely N-dealkylation sites (N-methyl/N-ethyl adjacent to an activating group) is 1. The molecule has 1 aliphatic rings. The van der Waals surface area contributed by atoms with Crippen LogP contribution in [0.2, 0.25) is 0 Å². The second kappa shape index (κ2) is 8.58. The maximum Gasteiger partial charge on any atom is 0.356 e. The molecule has 2 atom stereocenters. The Labute approximate surface area is 155 Å². The molecule has 1 amide bonds. The predicted octanol–water partition coefficient (Wildman–Crippen LogP) is 2.18. The van der Waals surface area contributed by atoms with Gasteiger partial charge in [0.05, 0.1) is 0 Å². The normalized spacial score (nSPS) is 19.6. The Morgan fingerprint density at radius 3 is 2.54 bits per heavy atom. The molecule has 2 rings (SSSR count).